The molecule has 1 unspecified atom stereocenters. The maximum absolute atomic E-state index is 12.7. The number of hydrogen-bond acceptors (Lipinski definition) is 5. The fraction of sp³-hybridized carbons (Fsp3) is 0.292. The molecular weight excluding hydrogens is 430 g/mol. The third-order valence-corrected chi connectivity index (χ3v) is 4.84. The predicted octanol–water partition coefficient (Wildman–Crippen LogP) is 4.08. The minimum absolute atomic E-state index is 0.0375. The van der Waals surface area contributed by atoms with Crippen LogP contribution >= 0.6 is 11.6 Å². The van der Waals surface area contributed by atoms with Crippen LogP contribution in [0.15, 0.2) is 54.2 Å². The highest BCUT2D eigenvalue weighted by atomic mass is 35.5. The first-order chi connectivity index (χ1) is 15.2. The molecule has 0 radical (unpaired) electrons. The molecule has 32 heavy (non-hydrogen) atoms. The Hall–Kier alpha value is -3.32. The molecule has 3 N–H and O–H groups in total. The van der Waals surface area contributed by atoms with Crippen molar-refractivity contribution in [2.24, 2.45) is 11.0 Å². The van der Waals surface area contributed by atoms with Gasteiger partial charge in [0.2, 0.25) is 0 Å². The Labute approximate surface area is 193 Å². The molecular formula is C24H28ClN3O4. The van der Waals surface area contributed by atoms with Gasteiger partial charge in [0.25, 0.3) is 11.8 Å². The number of halogens is 1. The van der Waals surface area contributed by atoms with Gasteiger partial charge in [-0.15, -0.1) is 6.58 Å². The number of ether oxygens (including phenoxy) is 1. The largest absolute Gasteiger partial charge is 0.504 e. The number of nitrogens with one attached hydrogen (secondary N) is 2. The van der Waals surface area contributed by atoms with Crippen LogP contribution < -0.4 is 15.5 Å². The monoisotopic (exact) mass is 457 g/mol. The maximum atomic E-state index is 12.7. The van der Waals surface area contributed by atoms with Crippen LogP contribution in [0.25, 0.3) is 0 Å². The highest BCUT2D eigenvalue weighted by molar-refractivity contribution is 6.30. The van der Waals surface area contributed by atoms with Crippen molar-refractivity contribution in [3.63, 3.8) is 0 Å². The first-order valence-corrected chi connectivity index (χ1v) is 10.5. The minimum Gasteiger partial charge on any atom is -0.504 e. The Morgan fingerprint density at radius 2 is 1.94 bits per heavy atom. The first kappa shape index (κ1) is 24.9. The summed E-state index contributed by atoms with van der Waals surface area (Å²) >= 11 is 5.87. The van der Waals surface area contributed by atoms with E-state index in [0.717, 1.165) is 0 Å². The van der Waals surface area contributed by atoms with Crippen molar-refractivity contribution < 1.29 is 19.4 Å². The second-order valence-electron chi connectivity index (χ2n) is 7.62. The van der Waals surface area contributed by atoms with E-state index in [1.807, 2.05) is 13.8 Å². The van der Waals surface area contributed by atoms with Crippen LogP contribution in [-0.2, 0) is 11.2 Å². The Morgan fingerprint density at radius 3 is 2.53 bits per heavy atom. The summed E-state index contributed by atoms with van der Waals surface area (Å²) in [5.74, 6) is -0.304. The van der Waals surface area contributed by atoms with Gasteiger partial charge in [-0.2, -0.15) is 5.10 Å². The van der Waals surface area contributed by atoms with Crippen LogP contribution in [0.4, 0.5) is 0 Å². The Bertz CT molecular complexity index is 987. The molecule has 0 aliphatic rings. The number of phenolic OH excluding ortho intramolecular Hbond substituents is 1. The van der Waals surface area contributed by atoms with Gasteiger partial charge in [-0.05, 0) is 60.7 Å². The van der Waals surface area contributed by atoms with Crippen LogP contribution in [0, 0.1) is 5.92 Å². The van der Waals surface area contributed by atoms with Gasteiger partial charge in [-0.3, -0.25) is 9.59 Å². The third-order valence-electron chi connectivity index (χ3n) is 4.58. The van der Waals surface area contributed by atoms with Crippen molar-refractivity contribution >= 4 is 29.6 Å². The fourth-order valence-corrected chi connectivity index (χ4v) is 3.15. The highest BCUT2D eigenvalue weighted by Gasteiger charge is 2.22. The Kier molecular flexibility index (Phi) is 9.28. The van der Waals surface area contributed by atoms with Crippen LogP contribution in [0.3, 0.4) is 0 Å². The number of amides is 2. The number of hydrogen-bond donors (Lipinski definition) is 3. The molecule has 0 saturated carbocycles. The molecule has 2 aromatic rings. The smallest absolute Gasteiger partial charge is 0.262 e. The second-order valence-corrected chi connectivity index (χ2v) is 8.06. The number of aromatic hydroxyl groups is 1. The number of hydrazone groups is 1. The molecule has 0 bridgehead atoms. The molecule has 0 aromatic heterocycles. The van der Waals surface area contributed by atoms with E-state index in [4.69, 9.17) is 16.3 Å². The molecule has 0 aliphatic carbocycles. The van der Waals surface area contributed by atoms with Gasteiger partial charge in [-0.1, -0.05) is 31.5 Å². The van der Waals surface area contributed by atoms with E-state index in [0.29, 0.717) is 40.3 Å². The number of nitrogens with zero attached hydrogens (tertiary/aromatic N) is 1. The Balaban J connectivity index is 2.12. The number of carbonyl (C=O) groups is 2. The molecule has 7 nitrogen and oxygen atoms in total. The van der Waals surface area contributed by atoms with Crippen LogP contribution in [0.5, 0.6) is 11.5 Å². The van der Waals surface area contributed by atoms with Crippen molar-refractivity contribution in [1.82, 2.24) is 10.7 Å². The lowest BCUT2D eigenvalue weighted by Crippen LogP contribution is -2.46. The molecule has 0 fully saturated rings. The number of rotatable bonds is 10. The van der Waals surface area contributed by atoms with Gasteiger partial charge in [0, 0.05) is 16.1 Å². The van der Waals surface area contributed by atoms with E-state index >= 15 is 0 Å². The summed E-state index contributed by atoms with van der Waals surface area (Å²) in [5, 5.41) is 17.5. The zero-order chi connectivity index (χ0) is 23.7. The van der Waals surface area contributed by atoms with E-state index in [1.165, 1.54) is 13.3 Å². The van der Waals surface area contributed by atoms with Gasteiger partial charge in [0.05, 0.1) is 13.3 Å². The van der Waals surface area contributed by atoms with E-state index in [-0.39, 0.29) is 17.6 Å². The molecule has 2 rings (SSSR count). The summed E-state index contributed by atoms with van der Waals surface area (Å²) in [7, 11) is 1.45. The van der Waals surface area contributed by atoms with Crippen LogP contribution in [0.1, 0.15) is 41.8 Å². The van der Waals surface area contributed by atoms with Crippen LogP contribution in [0.2, 0.25) is 5.02 Å². The molecule has 2 amide bonds. The number of phenols is 1. The summed E-state index contributed by atoms with van der Waals surface area (Å²) in [6.45, 7) is 7.60. The zero-order valence-electron chi connectivity index (χ0n) is 18.4. The van der Waals surface area contributed by atoms with Crippen molar-refractivity contribution in [2.45, 2.75) is 32.7 Å². The standard InChI is InChI=1S/C24H28ClN3O4/c1-5-6-18-12-16(13-21(32-4)22(18)29)14-26-28-24(31)20(11-15(2)3)27-23(30)17-7-9-19(25)10-8-17/h5,7-10,12-15,20,29H,1,6,11H2,2-4H3,(H,27,30)(H,28,31). The normalized spacial score (nSPS) is 11.9. The molecule has 0 saturated heterocycles. The molecule has 0 heterocycles. The summed E-state index contributed by atoms with van der Waals surface area (Å²) in [6.07, 6.45) is 4.00. The summed E-state index contributed by atoms with van der Waals surface area (Å²) in [6, 6.07) is 8.99. The van der Waals surface area contributed by atoms with Crippen molar-refractivity contribution in [2.75, 3.05) is 7.11 Å². The third kappa shape index (κ3) is 7.13. The quantitative estimate of drug-likeness (QED) is 0.284. The van der Waals surface area contributed by atoms with E-state index < -0.39 is 11.9 Å². The average molecular weight is 458 g/mol. The molecule has 0 aliphatic heterocycles. The molecule has 8 heteroatoms. The van der Waals surface area contributed by atoms with Gasteiger partial charge in [-0.25, -0.2) is 5.43 Å². The molecule has 0 spiro atoms. The zero-order valence-corrected chi connectivity index (χ0v) is 19.1. The number of allylic oxidation sites excluding steroid dienone is 1. The molecule has 2 aromatic carbocycles. The predicted molar refractivity (Wildman–Crippen MR) is 126 cm³/mol. The summed E-state index contributed by atoms with van der Waals surface area (Å²) < 4.78 is 5.19. The van der Waals surface area contributed by atoms with Gasteiger partial charge in [0.15, 0.2) is 11.5 Å². The average Bonchev–Trinajstić information content (AvgIpc) is 2.75. The fourth-order valence-electron chi connectivity index (χ4n) is 3.02. The van der Waals surface area contributed by atoms with Crippen molar-refractivity contribution in [3.05, 3.63) is 70.8 Å². The lowest BCUT2D eigenvalue weighted by molar-refractivity contribution is -0.123. The van der Waals surface area contributed by atoms with Gasteiger partial charge >= 0.3 is 0 Å². The van der Waals surface area contributed by atoms with Crippen LogP contribution in [-0.4, -0.2) is 36.3 Å². The number of carbonyl (C=O) groups excluding carboxylic acids is 2. The van der Waals surface area contributed by atoms with Gasteiger partial charge in [0.1, 0.15) is 6.04 Å². The number of benzene rings is 2. The molecule has 1 atom stereocenters. The van der Waals surface area contributed by atoms with Crippen molar-refractivity contribution in [3.8, 4) is 11.5 Å². The summed E-state index contributed by atoms with van der Waals surface area (Å²) in [4.78, 5) is 25.2. The van der Waals surface area contributed by atoms with Crippen molar-refractivity contribution in [1.29, 1.82) is 0 Å². The van der Waals surface area contributed by atoms with Gasteiger partial charge < -0.3 is 15.2 Å². The topological polar surface area (TPSA) is 100 Å². The lowest BCUT2D eigenvalue weighted by Gasteiger charge is -2.19. The SMILES string of the molecule is C=CCc1cc(C=NNC(=O)C(CC(C)C)NC(=O)c2ccc(Cl)cc2)cc(OC)c1O. The Morgan fingerprint density at radius 1 is 1.25 bits per heavy atom. The van der Waals surface area contributed by atoms with E-state index in [2.05, 4.69) is 22.4 Å². The maximum Gasteiger partial charge on any atom is 0.262 e. The molecule has 170 valence electrons. The highest BCUT2D eigenvalue weighted by Crippen LogP contribution is 2.31. The lowest BCUT2D eigenvalue weighted by atomic mass is 10.0. The first-order valence-electron chi connectivity index (χ1n) is 10.1. The van der Waals surface area contributed by atoms with E-state index in [9.17, 15) is 14.7 Å². The number of methoxy groups -OCH3 is 1. The minimum atomic E-state index is -0.763. The summed E-state index contributed by atoms with van der Waals surface area (Å²) in [5.41, 5.74) is 4.14. The second kappa shape index (κ2) is 11.9. The van der Waals surface area contributed by atoms with E-state index in [1.54, 1.807) is 42.5 Å².